The van der Waals surface area contributed by atoms with Crippen LogP contribution in [0.2, 0.25) is 4.34 Å². The average Bonchev–Trinajstić information content (AvgIpc) is 2.95. The molecule has 1 fully saturated rings. The molecule has 2 atom stereocenters. The van der Waals surface area contributed by atoms with Crippen LogP contribution in [0.3, 0.4) is 0 Å². The highest BCUT2D eigenvalue weighted by atomic mass is 35.5. The molecular weight excluding hydrogens is 274 g/mol. The third-order valence-corrected chi connectivity index (χ3v) is 4.38. The molecule has 0 spiro atoms. The monoisotopic (exact) mass is 289 g/mol. The molecule has 1 aromatic heterocycles. The van der Waals surface area contributed by atoms with Gasteiger partial charge in [0, 0.05) is 27.3 Å². The van der Waals surface area contributed by atoms with Crippen molar-refractivity contribution in [3.8, 4) is 0 Å². The van der Waals surface area contributed by atoms with Gasteiger partial charge >= 0.3 is 0 Å². The van der Waals surface area contributed by atoms with Crippen molar-refractivity contribution in [3.05, 3.63) is 21.3 Å². The van der Waals surface area contributed by atoms with Gasteiger partial charge in [-0.1, -0.05) is 11.6 Å². The number of ether oxygens (including phenoxy) is 2. The number of Topliss-reactive ketones (excluding diaryl/α,β-unsaturated/α-hetero) is 1. The Morgan fingerprint density at radius 3 is 2.44 bits per heavy atom. The number of thiophene rings is 1. The topological polar surface area (TPSA) is 38.8 Å². The fourth-order valence-electron chi connectivity index (χ4n) is 2.15. The van der Waals surface area contributed by atoms with Gasteiger partial charge in [0.1, 0.15) is 0 Å². The molecule has 1 aromatic rings. The van der Waals surface area contributed by atoms with E-state index in [4.69, 9.17) is 21.1 Å². The van der Waals surface area contributed by atoms with Crippen molar-refractivity contribution in [2.75, 3.05) is 33.9 Å². The highest BCUT2D eigenvalue weighted by Crippen LogP contribution is 2.23. The molecule has 0 aliphatic carbocycles. The molecule has 0 saturated carbocycles. The number of carbonyl (C=O) groups is 1. The molecule has 1 aliphatic rings. The Morgan fingerprint density at radius 2 is 2.00 bits per heavy atom. The summed E-state index contributed by atoms with van der Waals surface area (Å²) in [5.41, 5.74) is 0. The van der Waals surface area contributed by atoms with Crippen LogP contribution in [0.4, 0.5) is 0 Å². The fraction of sp³-hybridized carbons (Fsp3) is 0.583. The molecule has 6 heteroatoms. The van der Waals surface area contributed by atoms with Crippen LogP contribution in [0.5, 0.6) is 0 Å². The van der Waals surface area contributed by atoms with Crippen LogP contribution >= 0.6 is 22.9 Å². The smallest absolute Gasteiger partial charge is 0.186 e. The van der Waals surface area contributed by atoms with Crippen LogP contribution in [0.15, 0.2) is 12.1 Å². The minimum atomic E-state index is 0.0368. The summed E-state index contributed by atoms with van der Waals surface area (Å²) >= 11 is 7.14. The lowest BCUT2D eigenvalue weighted by Gasteiger charge is -2.13. The van der Waals surface area contributed by atoms with Crippen LogP contribution in [0.25, 0.3) is 0 Å². The first-order valence-corrected chi connectivity index (χ1v) is 6.90. The van der Waals surface area contributed by atoms with Gasteiger partial charge < -0.3 is 9.47 Å². The van der Waals surface area contributed by atoms with E-state index >= 15 is 0 Å². The zero-order valence-electron chi connectivity index (χ0n) is 10.4. The zero-order chi connectivity index (χ0) is 13.1. The first-order valence-electron chi connectivity index (χ1n) is 5.70. The maximum atomic E-state index is 12.0. The summed E-state index contributed by atoms with van der Waals surface area (Å²) in [4.78, 5) is 14.8. The molecule has 0 N–H and O–H groups in total. The second-order valence-corrected chi connectivity index (χ2v) is 5.98. The summed E-state index contributed by atoms with van der Waals surface area (Å²) < 4.78 is 11.3. The number of likely N-dealkylation sites (tertiary alicyclic amines) is 1. The zero-order valence-corrected chi connectivity index (χ0v) is 12.0. The Hall–Kier alpha value is -0.460. The number of hydrogen-bond acceptors (Lipinski definition) is 5. The van der Waals surface area contributed by atoms with Crippen molar-refractivity contribution in [1.29, 1.82) is 0 Å². The molecule has 2 rings (SSSR count). The van der Waals surface area contributed by atoms with Gasteiger partial charge in [0.05, 0.1) is 28.0 Å². The molecule has 1 saturated heterocycles. The van der Waals surface area contributed by atoms with Gasteiger partial charge in [-0.25, -0.2) is 0 Å². The Kier molecular flexibility index (Phi) is 4.75. The third-order valence-electron chi connectivity index (χ3n) is 3.11. The standard InChI is InChI=1S/C12H16ClNO3S/c1-16-9-6-14(7-10(9)17-2)5-8(15)11-3-4-12(13)18-11/h3-4,9-10H,5-7H2,1-2H3. The Morgan fingerprint density at radius 1 is 1.39 bits per heavy atom. The molecule has 2 unspecified atom stereocenters. The summed E-state index contributed by atoms with van der Waals surface area (Å²) in [6.45, 7) is 1.83. The van der Waals surface area contributed by atoms with Crippen molar-refractivity contribution in [3.63, 3.8) is 0 Å². The minimum Gasteiger partial charge on any atom is -0.377 e. The number of hydrogen-bond donors (Lipinski definition) is 0. The summed E-state index contributed by atoms with van der Waals surface area (Å²) in [6, 6.07) is 3.52. The van der Waals surface area contributed by atoms with Crippen LogP contribution < -0.4 is 0 Å². The van der Waals surface area contributed by atoms with E-state index in [1.165, 1.54) is 11.3 Å². The SMILES string of the molecule is COC1CN(CC(=O)c2ccc(Cl)s2)CC1OC. The normalized spacial score (nSPS) is 24.6. The lowest BCUT2D eigenvalue weighted by Crippen LogP contribution is -2.28. The van der Waals surface area contributed by atoms with Crippen molar-refractivity contribution in [1.82, 2.24) is 4.90 Å². The summed E-state index contributed by atoms with van der Waals surface area (Å²) in [5, 5.41) is 0. The summed E-state index contributed by atoms with van der Waals surface area (Å²) in [5.74, 6) is 0.0958. The highest BCUT2D eigenvalue weighted by molar-refractivity contribution is 7.18. The summed E-state index contributed by atoms with van der Waals surface area (Å²) in [6.07, 6.45) is 0.0736. The highest BCUT2D eigenvalue weighted by Gasteiger charge is 2.33. The minimum absolute atomic E-state index is 0.0368. The predicted octanol–water partition coefficient (Wildman–Crippen LogP) is 1.93. The molecule has 1 aliphatic heterocycles. The van der Waals surface area contributed by atoms with E-state index in [1.807, 2.05) is 0 Å². The number of carbonyl (C=O) groups excluding carboxylic acids is 1. The van der Waals surface area contributed by atoms with Crippen molar-refractivity contribution < 1.29 is 14.3 Å². The molecule has 100 valence electrons. The molecule has 4 nitrogen and oxygen atoms in total. The second kappa shape index (κ2) is 6.12. The van der Waals surface area contributed by atoms with Gasteiger partial charge in [-0.2, -0.15) is 0 Å². The fourth-order valence-corrected chi connectivity index (χ4v) is 3.12. The average molecular weight is 290 g/mol. The van der Waals surface area contributed by atoms with E-state index in [0.717, 1.165) is 13.1 Å². The number of nitrogens with zero attached hydrogens (tertiary/aromatic N) is 1. The van der Waals surface area contributed by atoms with Crippen molar-refractivity contribution in [2.24, 2.45) is 0 Å². The molecule has 0 bridgehead atoms. The molecular formula is C12H16ClNO3S. The molecule has 0 amide bonds. The Labute approximate surface area is 115 Å². The third kappa shape index (κ3) is 3.10. The first kappa shape index (κ1) is 14.0. The van der Waals surface area contributed by atoms with Gasteiger partial charge in [-0.3, -0.25) is 9.69 Å². The second-order valence-electron chi connectivity index (χ2n) is 4.27. The van der Waals surface area contributed by atoms with E-state index < -0.39 is 0 Å². The van der Waals surface area contributed by atoms with Crippen molar-refractivity contribution >= 4 is 28.7 Å². The number of methoxy groups -OCH3 is 2. The maximum absolute atomic E-state index is 12.0. The van der Waals surface area contributed by atoms with Crippen molar-refractivity contribution in [2.45, 2.75) is 12.2 Å². The number of halogens is 1. The number of rotatable bonds is 5. The lowest BCUT2D eigenvalue weighted by molar-refractivity contribution is -0.00461. The van der Waals surface area contributed by atoms with E-state index in [9.17, 15) is 4.79 Å². The number of ketones is 1. The molecule has 18 heavy (non-hydrogen) atoms. The molecule has 0 radical (unpaired) electrons. The lowest BCUT2D eigenvalue weighted by atomic mass is 10.3. The van der Waals surface area contributed by atoms with E-state index in [-0.39, 0.29) is 18.0 Å². The van der Waals surface area contributed by atoms with Crippen LogP contribution in [-0.2, 0) is 9.47 Å². The van der Waals surface area contributed by atoms with Crippen LogP contribution in [0, 0.1) is 0 Å². The van der Waals surface area contributed by atoms with Gasteiger partial charge in [0.15, 0.2) is 5.78 Å². The van der Waals surface area contributed by atoms with Gasteiger partial charge in [-0.05, 0) is 12.1 Å². The van der Waals surface area contributed by atoms with Gasteiger partial charge in [0.2, 0.25) is 0 Å². The van der Waals surface area contributed by atoms with E-state index in [1.54, 1.807) is 26.4 Å². The molecule has 2 heterocycles. The molecule has 0 aromatic carbocycles. The van der Waals surface area contributed by atoms with E-state index in [2.05, 4.69) is 4.90 Å². The quantitative estimate of drug-likeness (QED) is 0.777. The Balaban J connectivity index is 1.93. The Bertz CT molecular complexity index is 411. The predicted molar refractivity (Wildman–Crippen MR) is 71.7 cm³/mol. The van der Waals surface area contributed by atoms with Crippen LogP contribution in [-0.4, -0.2) is 56.7 Å². The van der Waals surface area contributed by atoms with Gasteiger partial charge in [0.25, 0.3) is 0 Å². The first-order chi connectivity index (χ1) is 8.63. The maximum Gasteiger partial charge on any atom is 0.186 e. The van der Waals surface area contributed by atoms with E-state index in [0.29, 0.717) is 15.8 Å². The van der Waals surface area contributed by atoms with Crippen LogP contribution in [0.1, 0.15) is 9.67 Å². The van der Waals surface area contributed by atoms with Gasteiger partial charge in [-0.15, -0.1) is 11.3 Å². The largest absolute Gasteiger partial charge is 0.377 e. The summed E-state index contributed by atoms with van der Waals surface area (Å²) in [7, 11) is 3.34.